The predicted molar refractivity (Wildman–Crippen MR) is 229 cm³/mol. The monoisotopic (exact) mass is 874 g/mol. The fourth-order valence-corrected chi connectivity index (χ4v) is 6.77. The third-order valence-corrected chi connectivity index (χ3v) is 10.1. The summed E-state index contributed by atoms with van der Waals surface area (Å²) in [4.78, 5) is 107. The van der Waals surface area contributed by atoms with Crippen LogP contribution < -0.4 is 37.6 Å². The van der Waals surface area contributed by atoms with Crippen LogP contribution in [0.5, 0.6) is 5.75 Å². The molecule has 0 aliphatic carbocycles. The number of H-pyrrole nitrogens is 1. The Kier molecular flexibility index (Phi) is 18.3. The van der Waals surface area contributed by atoms with Gasteiger partial charge in [-0.3, -0.25) is 38.4 Å². The van der Waals surface area contributed by atoms with Crippen molar-refractivity contribution in [2.45, 2.75) is 62.3 Å². The number of carboxylic acid groups (broad SMARTS) is 2. The lowest BCUT2D eigenvalue weighted by molar-refractivity contribution is -0.142. The third kappa shape index (κ3) is 15.3. The average molecular weight is 875 g/mol. The molecular formula is C42H50N8O11S. The van der Waals surface area contributed by atoms with Gasteiger partial charge in [0.15, 0.2) is 0 Å². The molecule has 5 unspecified atom stereocenters. The smallest absolute Gasteiger partial charge is 0.322 e. The molecule has 20 heteroatoms. The molecule has 6 amide bonds. The molecule has 0 aliphatic heterocycles. The van der Waals surface area contributed by atoms with Crippen LogP contribution >= 0.6 is 11.8 Å². The van der Waals surface area contributed by atoms with E-state index in [1.54, 1.807) is 61.0 Å². The Morgan fingerprint density at radius 3 is 1.89 bits per heavy atom. The fourth-order valence-electron chi connectivity index (χ4n) is 6.30. The first-order chi connectivity index (χ1) is 29.6. The number of carbonyl (C=O) groups is 8. The molecule has 0 spiro atoms. The average Bonchev–Trinajstić information content (AvgIpc) is 3.65. The first kappa shape index (κ1) is 47.7. The summed E-state index contributed by atoms with van der Waals surface area (Å²) in [6.07, 6.45) is 2.47. The summed E-state index contributed by atoms with van der Waals surface area (Å²) < 4.78 is 0. The number of aromatic amines is 1. The standard InChI is InChI=1S/C42H50N8O11S/c1-62-16-15-31(40(59)50-34(20-36(53)54)42(61)49-32(39(58)46-23-37(55)56)18-24-7-3-2-4-8-24)48-41(60)33(19-26-21-44-30-10-6-5-9-28(26)30)47-35(52)22-45-38(57)29(43)17-25-11-13-27(51)14-12-25/h2-14,21,29,31-34,44,51H,15-20,22-23,43H2,1H3,(H,45,57)(H,46,58)(H,47,52)(H,48,60)(H,49,61)(H,50,59)(H,53,54)(H,55,56). The van der Waals surface area contributed by atoms with Crippen LogP contribution in [0.1, 0.15) is 29.5 Å². The van der Waals surface area contributed by atoms with Crippen molar-refractivity contribution in [3.8, 4) is 5.75 Å². The lowest BCUT2D eigenvalue weighted by Gasteiger charge is -2.26. The SMILES string of the molecule is CSCCC(NC(=O)C(Cc1c[nH]c2ccccc12)NC(=O)CNC(=O)C(N)Cc1ccc(O)cc1)C(=O)NC(CC(=O)O)C(=O)NC(Cc1ccccc1)C(=O)NCC(=O)O. The van der Waals surface area contributed by atoms with Crippen molar-refractivity contribution in [1.82, 2.24) is 36.9 Å². The van der Waals surface area contributed by atoms with Gasteiger partial charge in [-0.15, -0.1) is 0 Å². The molecule has 3 aromatic carbocycles. The van der Waals surface area contributed by atoms with E-state index in [9.17, 15) is 48.6 Å². The Morgan fingerprint density at radius 1 is 0.629 bits per heavy atom. The summed E-state index contributed by atoms with van der Waals surface area (Å²) in [6.45, 7) is -1.31. The molecule has 12 N–H and O–H groups in total. The second-order valence-electron chi connectivity index (χ2n) is 14.2. The largest absolute Gasteiger partial charge is 0.508 e. The van der Waals surface area contributed by atoms with Crippen molar-refractivity contribution in [2.75, 3.05) is 25.1 Å². The molecular weight excluding hydrogens is 825 g/mol. The van der Waals surface area contributed by atoms with Crippen molar-refractivity contribution in [3.05, 3.63) is 102 Å². The van der Waals surface area contributed by atoms with Gasteiger partial charge >= 0.3 is 11.9 Å². The number of aromatic nitrogens is 1. The summed E-state index contributed by atoms with van der Waals surface area (Å²) in [5, 5.41) is 43.8. The van der Waals surface area contributed by atoms with Gasteiger partial charge in [0.05, 0.1) is 19.0 Å². The number of aliphatic carboxylic acids is 2. The lowest BCUT2D eigenvalue weighted by Crippen LogP contribution is -2.59. The number of thioether (sulfide) groups is 1. The van der Waals surface area contributed by atoms with Gasteiger partial charge in [-0.2, -0.15) is 11.8 Å². The second kappa shape index (κ2) is 23.8. The molecule has 0 saturated heterocycles. The van der Waals surface area contributed by atoms with E-state index >= 15 is 0 Å². The Bertz CT molecular complexity index is 2200. The summed E-state index contributed by atoms with van der Waals surface area (Å²) in [5.41, 5.74) is 8.71. The lowest BCUT2D eigenvalue weighted by atomic mass is 10.0. The topological polar surface area (TPSA) is 311 Å². The summed E-state index contributed by atoms with van der Waals surface area (Å²) >= 11 is 1.34. The van der Waals surface area contributed by atoms with Crippen molar-refractivity contribution < 1.29 is 53.7 Å². The van der Waals surface area contributed by atoms with Crippen molar-refractivity contribution in [1.29, 1.82) is 0 Å². The number of para-hydroxylation sites is 1. The van der Waals surface area contributed by atoms with E-state index in [1.807, 2.05) is 18.2 Å². The number of carboxylic acids is 2. The van der Waals surface area contributed by atoms with Crippen LogP contribution in [0.25, 0.3) is 10.9 Å². The van der Waals surface area contributed by atoms with E-state index in [0.29, 0.717) is 22.4 Å². The van der Waals surface area contributed by atoms with E-state index in [1.165, 1.54) is 23.9 Å². The molecule has 62 heavy (non-hydrogen) atoms. The van der Waals surface area contributed by atoms with Crippen LogP contribution in [0.2, 0.25) is 0 Å². The zero-order valence-electron chi connectivity index (χ0n) is 33.7. The molecule has 1 heterocycles. The molecule has 0 saturated carbocycles. The maximum Gasteiger partial charge on any atom is 0.322 e. The van der Waals surface area contributed by atoms with Crippen LogP contribution in [0.15, 0.2) is 85.1 Å². The van der Waals surface area contributed by atoms with Gasteiger partial charge in [0.25, 0.3) is 0 Å². The van der Waals surface area contributed by atoms with E-state index in [4.69, 9.17) is 10.8 Å². The number of hydrogen-bond acceptors (Lipinski definition) is 11. The number of phenols is 1. The zero-order valence-corrected chi connectivity index (χ0v) is 34.5. The molecule has 1 aromatic heterocycles. The Hall–Kier alpha value is -6.93. The fraction of sp³-hybridized carbons (Fsp3) is 0.333. The minimum Gasteiger partial charge on any atom is -0.508 e. The van der Waals surface area contributed by atoms with Crippen LogP contribution in [0.4, 0.5) is 0 Å². The molecule has 5 atom stereocenters. The highest BCUT2D eigenvalue weighted by molar-refractivity contribution is 7.98. The predicted octanol–water partition coefficient (Wildman–Crippen LogP) is -0.287. The highest BCUT2D eigenvalue weighted by Gasteiger charge is 2.33. The number of amides is 6. The first-order valence-corrected chi connectivity index (χ1v) is 20.8. The molecule has 4 rings (SSSR count). The number of hydrogen-bond donors (Lipinski definition) is 11. The number of aromatic hydroxyl groups is 1. The highest BCUT2D eigenvalue weighted by atomic mass is 32.2. The maximum atomic E-state index is 14.1. The number of nitrogens with one attached hydrogen (secondary N) is 7. The van der Waals surface area contributed by atoms with Gasteiger partial charge in [0.1, 0.15) is 36.5 Å². The molecule has 19 nitrogen and oxygen atoms in total. The third-order valence-electron chi connectivity index (χ3n) is 9.49. The van der Waals surface area contributed by atoms with Crippen molar-refractivity contribution in [2.24, 2.45) is 5.73 Å². The number of phenolic OH excluding ortho intramolecular Hbond substituents is 1. The minimum absolute atomic E-state index is 0.0110. The van der Waals surface area contributed by atoms with Crippen molar-refractivity contribution in [3.63, 3.8) is 0 Å². The normalized spacial score (nSPS) is 13.3. The van der Waals surface area contributed by atoms with Crippen LogP contribution in [0, 0.1) is 0 Å². The number of nitrogens with two attached hydrogens (primary N) is 1. The van der Waals surface area contributed by atoms with Gasteiger partial charge in [-0.25, -0.2) is 0 Å². The highest BCUT2D eigenvalue weighted by Crippen LogP contribution is 2.19. The van der Waals surface area contributed by atoms with Crippen LogP contribution in [-0.4, -0.2) is 123 Å². The second-order valence-corrected chi connectivity index (χ2v) is 15.2. The molecule has 0 bridgehead atoms. The van der Waals surface area contributed by atoms with Crippen LogP contribution in [-0.2, 0) is 57.6 Å². The first-order valence-electron chi connectivity index (χ1n) is 19.4. The summed E-state index contributed by atoms with van der Waals surface area (Å²) in [7, 11) is 0. The molecule has 330 valence electrons. The Balaban J connectivity index is 1.51. The van der Waals surface area contributed by atoms with Crippen molar-refractivity contribution >= 4 is 70.0 Å². The van der Waals surface area contributed by atoms with Gasteiger partial charge in [-0.1, -0.05) is 60.7 Å². The van der Waals surface area contributed by atoms with Gasteiger partial charge < -0.3 is 57.9 Å². The molecule has 4 aromatic rings. The maximum absolute atomic E-state index is 14.1. The summed E-state index contributed by atoms with van der Waals surface area (Å²) in [5.74, 6) is -7.51. The number of rotatable bonds is 24. The van der Waals surface area contributed by atoms with E-state index in [2.05, 4.69) is 36.9 Å². The Labute approximate surface area is 360 Å². The van der Waals surface area contributed by atoms with Gasteiger partial charge in [-0.05, 0) is 59.7 Å². The quantitative estimate of drug-likeness (QED) is 0.0432. The number of benzene rings is 3. The molecule has 0 radical (unpaired) electrons. The molecule has 0 fully saturated rings. The summed E-state index contributed by atoms with van der Waals surface area (Å²) in [6, 6.07) is 15.0. The molecule has 0 aliphatic rings. The van der Waals surface area contributed by atoms with Crippen LogP contribution in [0.3, 0.4) is 0 Å². The minimum atomic E-state index is -1.75. The van der Waals surface area contributed by atoms with Gasteiger partial charge in [0.2, 0.25) is 35.4 Å². The Morgan fingerprint density at radius 2 is 1.21 bits per heavy atom. The zero-order chi connectivity index (χ0) is 45.2. The number of carbonyl (C=O) groups excluding carboxylic acids is 6. The van der Waals surface area contributed by atoms with Gasteiger partial charge in [0, 0.05) is 29.9 Å². The van der Waals surface area contributed by atoms with E-state index < -0.39 is 97.1 Å². The number of fused-ring (bicyclic) bond motifs is 1. The van der Waals surface area contributed by atoms with E-state index in [0.717, 1.165) is 10.9 Å². The van der Waals surface area contributed by atoms with E-state index in [-0.39, 0.29) is 31.4 Å².